The van der Waals surface area contributed by atoms with Gasteiger partial charge in [-0.15, -0.1) is 11.6 Å². The molecule has 0 heterocycles. The summed E-state index contributed by atoms with van der Waals surface area (Å²) >= 11 is 5.58. The van der Waals surface area contributed by atoms with Crippen molar-refractivity contribution in [2.24, 2.45) is 5.73 Å². The molecule has 0 aliphatic rings. The number of alkyl halides is 1. The summed E-state index contributed by atoms with van der Waals surface area (Å²) in [6.07, 6.45) is 0. The maximum Gasteiger partial charge on any atom is 1.00 e. The molecule has 2 unspecified atom stereocenters. The molecule has 0 aliphatic carbocycles. The van der Waals surface area contributed by atoms with E-state index in [4.69, 9.17) is 17.3 Å². The third-order valence-corrected chi connectivity index (χ3v) is 3.53. The molecule has 2 aromatic carbocycles. The number of benzene rings is 2. The zero-order valence-electron chi connectivity index (χ0n) is 21.3. The Morgan fingerprint density at radius 1 is 0.750 bits per heavy atom. The van der Waals surface area contributed by atoms with Crippen molar-refractivity contribution in [1.29, 1.82) is 0 Å². The van der Waals surface area contributed by atoms with Gasteiger partial charge in [0.15, 0.2) is 0 Å². The molecule has 2 atom stereocenters. The minimum absolute atomic E-state index is 0. The zero-order valence-corrected chi connectivity index (χ0v) is 30.1. The Labute approximate surface area is 271 Å². The largest absolute Gasteiger partial charge is 1.00 e. The Morgan fingerprint density at radius 2 is 1.03 bits per heavy atom. The van der Waals surface area contributed by atoms with Gasteiger partial charge in [0, 0.05) is 23.5 Å². The van der Waals surface area contributed by atoms with E-state index in [0.29, 0.717) is 5.88 Å². The Kier molecular flexibility index (Phi) is 36.2. The molecule has 0 aliphatic heterocycles. The first kappa shape index (κ1) is 47.1. The summed E-state index contributed by atoms with van der Waals surface area (Å²) in [7, 11) is 0. The van der Waals surface area contributed by atoms with Gasteiger partial charge in [0.1, 0.15) is 0 Å². The second kappa shape index (κ2) is 24.6. The van der Waals surface area contributed by atoms with Crippen LogP contribution < -0.4 is 86.4 Å². The molecule has 32 heavy (non-hydrogen) atoms. The first-order valence-corrected chi connectivity index (χ1v) is 10.0. The molecule has 2 aromatic rings. The topological polar surface area (TPSA) is 38.0 Å². The van der Waals surface area contributed by atoms with E-state index < -0.39 is 0 Å². The van der Waals surface area contributed by atoms with E-state index in [0.717, 1.165) is 6.54 Å². The van der Waals surface area contributed by atoms with E-state index in [9.17, 15) is 0 Å². The molecule has 0 aromatic heterocycles. The molecule has 0 saturated carbocycles. The van der Waals surface area contributed by atoms with E-state index in [1.54, 1.807) is 0 Å². The first-order valence-electron chi connectivity index (χ1n) is 9.51. The Hall–Kier alpha value is 1.88. The van der Waals surface area contributed by atoms with Crippen molar-refractivity contribution < 1.29 is 75.4 Å². The Balaban J connectivity index is -0.0000000795. The van der Waals surface area contributed by atoms with E-state index in [2.05, 4.69) is 76.3 Å². The second-order valence-corrected chi connectivity index (χ2v) is 9.34. The third kappa shape index (κ3) is 34.0. The molecule has 184 valence electrons. The molecule has 0 saturated heterocycles. The SMILES string of the molecule is C.CC(C)(C)N.Cc1ccc(CCl)cc1.Cc1ccc(CNC(C)(C)C)cc1.P.P.[I-].[K+]. The molecule has 2 rings (SSSR count). The molecular formula is C25H49ClIKN2P2. The van der Waals surface area contributed by atoms with Gasteiger partial charge in [-0.05, 0) is 66.5 Å². The number of hydrogen-bond donors (Lipinski definition) is 2. The maximum atomic E-state index is 5.58. The fourth-order valence-electron chi connectivity index (χ4n) is 1.75. The predicted octanol–water partition coefficient (Wildman–Crippen LogP) is 1.12. The van der Waals surface area contributed by atoms with Gasteiger partial charge < -0.3 is 35.0 Å². The number of halogens is 2. The van der Waals surface area contributed by atoms with E-state index in [1.807, 2.05) is 32.9 Å². The van der Waals surface area contributed by atoms with Gasteiger partial charge in [0.05, 0.1) is 0 Å². The summed E-state index contributed by atoms with van der Waals surface area (Å²) in [5, 5.41) is 3.46. The summed E-state index contributed by atoms with van der Waals surface area (Å²) in [5.41, 5.74) is 10.7. The second-order valence-electron chi connectivity index (χ2n) is 9.07. The summed E-state index contributed by atoms with van der Waals surface area (Å²) in [5.74, 6) is 0.611. The number of nitrogens with two attached hydrogens (primary N) is 1. The van der Waals surface area contributed by atoms with Crippen LogP contribution in [0.4, 0.5) is 0 Å². The van der Waals surface area contributed by atoms with Crippen LogP contribution >= 0.6 is 31.4 Å². The zero-order chi connectivity index (χ0) is 21.1. The van der Waals surface area contributed by atoms with Gasteiger partial charge in [0.2, 0.25) is 0 Å². The molecule has 7 heteroatoms. The average molecular weight is 641 g/mol. The van der Waals surface area contributed by atoms with Crippen LogP contribution in [-0.2, 0) is 12.4 Å². The van der Waals surface area contributed by atoms with Crippen LogP contribution in [0.1, 0.15) is 71.2 Å². The fraction of sp³-hybridized carbons (Fsp3) is 0.520. The number of hydrogen-bond acceptors (Lipinski definition) is 2. The van der Waals surface area contributed by atoms with Crippen molar-refractivity contribution in [3.05, 3.63) is 70.8 Å². The molecule has 2 nitrogen and oxygen atoms in total. The van der Waals surface area contributed by atoms with E-state index >= 15 is 0 Å². The minimum atomic E-state index is 0. The maximum absolute atomic E-state index is 5.58. The van der Waals surface area contributed by atoms with Crippen LogP contribution in [0.3, 0.4) is 0 Å². The van der Waals surface area contributed by atoms with Gasteiger partial charge in [-0.1, -0.05) is 67.1 Å². The number of nitrogens with one attached hydrogen (secondary N) is 1. The average Bonchev–Trinajstić information content (AvgIpc) is 2.53. The van der Waals surface area contributed by atoms with Gasteiger partial charge >= 0.3 is 51.4 Å². The monoisotopic (exact) mass is 640 g/mol. The fourth-order valence-corrected chi connectivity index (χ4v) is 1.93. The molecule has 0 fully saturated rings. The smallest absolute Gasteiger partial charge is 1.00 e. The first-order chi connectivity index (χ1) is 12.3. The number of aryl methyl sites for hydroxylation is 2. The molecule has 3 N–H and O–H groups in total. The quantitative estimate of drug-likeness (QED) is 0.229. The predicted molar refractivity (Wildman–Crippen MR) is 151 cm³/mol. The van der Waals surface area contributed by atoms with Crippen LogP contribution in [0.25, 0.3) is 0 Å². The Morgan fingerprint density at radius 3 is 1.28 bits per heavy atom. The van der Waals surface area contributed by atoms with Gasteiger partial charge in [-0.25, -0.2) is 0 Å². The van der Waals surface area contributed by atoms with Crippen LogP contribution in [0.15, 0.2) is 48.5 Å². The number of rotatable bonds is 3. The van der Waals surface area contributed by atoms with Crippen LogP contribution in [0, 0.1) is 13.8 Å². The summed E-state index contributed by atoms with van der Waals surface area (Å²) in [6, 6.07) is 16.9. The van der Waals surface area contributed by atoms with Gasteiger partial charge in [-0.3, -0.25) is 0 Å². The van der Waals surface area contributed by atoms with Crippen molar-refractivity contribution in [2.75, 3.05) is 0 Å². The minimum Gasteiger partial charge on any atom is -1.00 e. The van der Waals surface area contributed by atoms with E-state index in [-0.39, 0.29) is 114 Å². The summed E-state index contributed by atoms with van der Waals surface area (Å²) in [6.45, 7) is 17.6. The third-order valence-electron chi connectivity index (χ3n) is 3.22. The van der Waals surface area contributed by atoms with Crippen molar-refractivity contribution >= 4 is 31.4 Å². The van der Waals surface area contributed by atoms with Crippen molar-refractivity contribution in [3.8, 4) is 0 Å². The van der Waals surface area contributed by atoms with Crippen molar-refractivity contribution in [3.63, 3.8) is 0 Å². The molecule has 0 radical (unpaired) electrons. The van der Waals surface area contributed by atoms with Gasteiger partial charge in [-0.2, -0.15) is 19.8 Å². The molecule has 0 amide bonds. The molecule has 0 spiro atoms. The summed E-state index contributed by atoms with van der Waals surface area (Å²) in [4.78, 5) is 0. The van der Waals surface area contributed by atoms with E-state index in [1.165, 1.54) is 22.3 Å². The normalized spacial score (nSPS) is 9.31. The molecule has 0 bridgehead atoms. The van der Waals surface area contributed by atoms with Crippen LogP contribution in [0.5, 0.6) is 0 Å². The van der Waals surface area contributed by atoms with Crippen LogP contribution in [-0.4, -0.2) is 11.1 Å². The summed E-state index contributed by atoms with van der Waals surface area (Å²) < 4.78 is 0. The Bertz CT molecular complexity index is 635. The standard InChI is InChI=1S/C12H19N.C8H9Cl.C4H11N.CH4.HI.K.2H3P/c1-10-5-7-11(8-6-10)9-13-12(2,3)4;1-7-2-4-8(6-9)5-3-7;1-4(2,3)5;;;;;/h5-8,13H,9H2,1-4H3;2-5H,6H2,1H3;5H2,1-3H3;1H4;1H;;2*1H3/q;;;;;+1;;/p-1. The van der Waals surface area contributed by atoms with Crippen LogP contribution in [0.2, 0.25) is 0 Å². The van der Waals surface area contributed by atoms with Gasteiger partial charge in [0.25, 0.3) is 0 Å². The van der Waals surface area contributed by atoms with Crippen molar-refractivity contribution in [2.45, 2.75) is 86.3 Å². The molecular weight excluding hydrogens is 592 g/mol. The van der Waals surface area contributed by atoms with Crippen molar-refractivity contribution in [1.82, 2.24) is 5.32 Å².